The lowest BCUT2D eigenvalue weighted by molar-refractivity contribution is -0.385. The van der Waals surface area contributed by atoms with Gasteiger partial charge in [0.15, 0.2) is 0 Å². The van der Waals surface area contributed by atoms with Crippen LogP contribution in [0.1, 0.15) is 5.56 Å². The van der Waals surface area contributed by atoms with E-state index >= 15 is 0 Å². The molecule has 0 bridgehead atoms. The van der Waals surface area contributed by atoms with E-state index in [1.165, 1.54) is 12.3 Å². The minimum Gasteiger partial charge on any atom is -0.340 e. The van der Waals surface area contributed by atoms with Crippen LogP contribution in [0.5, 0.6) is 0 Å². The summed E-state index contributed by atoms with van der Waals surface area (Å²) in [4.78, 5) is 13.5. The van der Waals surface area contributed by atoms with Crippen LogP contribution in [-0.4, -0.2) is 9.91 Å². The zero-order chi connectivity index (χ0) is 14.8. The Balaban J connectivity index is 2.45. The van der Waals surface area contributed by atoms with E-state index < -0.39 is 22.4 Å². The van der Waals surface area contributed by atoms with Crippen molar-refractivity contribution in [2.24, 2.45) is 0 Å². The fourth-order valence-corrected chi connectivity index (χ4v) is 1.56. The van der Waals surface area contributed by atoms with Gasteiger partial charge in [-0.15, -0.1) is 0 Å². The summed E-state index contributed by atoms with van der Waals surface area (Å²) in [6.07, 6.45) is -3.29. The third kappa shape index (κ3) is 3.02. The van der Waals surface area contributed by atoms with Crippen LogP contribution in [0.15, 0.2) is 42.6 Å². The number of nitrogens with zero attached hydrogens (tertiary/aromatic N) is 2. The fraction of sp³-hybridized carbons (Fsp3) is 0.0833. The molecule has 1 aromatic carbocycles. The predicted molar refractivity (Wildman–Crippen MR) is 65.6 cm³/mol. The largest absolute Gasteiger partial charge is 0.418 e. The highest BCUT2D eigenvalue weighted by Gasteiger charge is 2.35. The molecule has 0 saturated carbocycles. The Labute approximate surface area is 111 Å². The number of alkyl halides is 3. The maximum atomic E-state index is 12.9. The number of nitro groups is 1. The minimum absolute atomic E-state index is 0.215. The first-order valence-electron chi connectivity index (χ1n) is 5.41. The second-order valence-electron chi connectivity index (χ2n) is 3.82. The molecular formula is C12H8F3N3O2. The smallest absolute Gasteiger partial charge is 0.340 e. The fourth-order valence-electron chi connectivity index (χ4n) is 1.56. The molecule has 2 aromatic rings. The second-order valence-corrected chi connectivity index (χ2v) is 3.82. The van der Waals surface area contributed by atoms with Crippen molar-refractivity contribution in [2.45, 2.75) is 6.18 Å². The average Bonchev–Trinajstić information content (AvgIpc) is 2.39. The SMILES string of the molecule is O=[N+]([O-])c1ccc(Nc2ccccn2)c(C(F)(F)F)c1. The maximum absolute atomic E-state index is 12.9. The van der Waals surface area contributed by atoms with E-state index in [1.54, 1.807) is 12.1 Å². The number of hydrogen-bond acceptors (Lipinski definition) is 4. The number of hydrogen-bond donors (Lipinski definition) is 1. The standard InChI is InChI=1S/C12H8F3N3O2/c13-12(14,15)9-7-8(18(19)20)4-5-10(9)17-11-3-1-2-6-16-11/h1-7H,(H,16,17). The van der Waals surface area contributed by atoms with Crippen LogP contribution in [-0.2, 0) is 6.18 Å². The van der Waals surface area contributed by atoms with Gasteiger partial charge in [0.1, 0.15) is 5.82 Å². The van der Waals surface area contributed by atoms with Crippen LogP contribution in [0.2, 0.25) is 0 Å². The van der Waals surface area contributed by atoms with Gasteiger partial charge in [-0.2, -0.15) is 13.2 Å². The molecule has 0 unspecified atom stereocenters. The number of pyridine rings is 1. The van der Waals surface area contributed by atoms with Gasteiger partial charge in [0.05, 0.1) is 16.2 Å². The first-order chi connectivity index (χ1) is 9.38. The average molecular weight is 283 g/mol. The molecule has 20 heavy (non-hydrogen) atoms. The van der Waals surface area contributed by atoms with E-state index in [4.69, 9.17) is 0 Å². The molecule has 0 spiro atoms. The molecule has 1 N–H and O–H groups in total. The number of benzene rings is 1. The first kappa shape index (κ1) is 13.8. The van der Waals surface area contributed by atoms with Gasteiger partial charge in [-0.05, 0) is 18.2 Å². The molecule has 0 saturated heterocycles. The van der Waals surface area contributed by atoms with Gasteiger partial charge >= 0.3 is 6.18 Å². The van der Waals surface area contributed by atoms with Crippen LogP contribution in [0, 0.1) is 10.1 Å². The van der Waals surface area contributed by atoms with Gasteiger partial charge in [0.2, 0.25) is 0 Å². The van der Waals surface area contributed by atoms with Crippen molar-refractivity contribution in [3.05, 3.63) is 58.3 Å². The Hall–Kier alpha value is -2.64. The number of rotatable bonds is 3. The molecular weight excluding hydrogens is 275 g/mol. The third-order valence-electron chi connectivity index (χ3n) is 2.45. The molecule has 8 heteroatoms. The van der Waals surface area contributed by atoms with Crippen molar-refractivity contribution < 1.29 is 18.1 Å². The summed E-state index contributed by atoms with van der Waals surface area (Å²) >= 11 is 0. The molecule has 1 heterocycles. The van der Waals surface area contributed by atoms with E-state index in [1.807, 2.05) is 0 Å². The van der Waals surface area contributed by atoms with Crippen LogP contribution >= 0.6 is 0 Å². The Morgan fingerprint density at radius 2 is 1.95 bits per heavy atom. The Bertz CT molecular complexity index is 630. The van der Waals surface area contributed by atoms with Gasteiger partial charge in [0.25, 0.3) is 5.69 Å². The maximum Gasteiger partial charge on any atom is 0.418 e. The minimum atomic E-state index is -4.71. The number of aromatic nitrogens is 1. The lowest BCUT2D eigenvalue weighted by Gasteiger charge is -2.13. The molecule has 0 aliphatic heterocycles. The van der Waals surface area contributed by atoms with E-state index in [0.717, 1.165) is 12.1 Å². The molecule has 0 amide bonds. The van der Waals surface area contributed by atoms with Crippen LogP contribution in [0.4, 0.5) is 30.4 Å². The highest BCUT2D eigenvalue weighted by molar-refractivity contribution is 5.63. The third-order valence-corrected chi connectivity index (χ3v) is 2.45. The Morgan fingerprint density at radius 3 is 2.50 bits per heavy atom. The lowest BCUT2D eigenvalue weighted by Crippen LogP contribution is -2.10. The Kier molecular flexibility index (Phi) is 3.55. The molecule has 0 fully saturated rings. The summed E-state index contributed by atoms with van der Waals surface area (Å²) in [5.41, 5.74) is -2.02. The van der Waals surface area contributed by atoms with Crippen LogP contribution in [0.3, 0.4) is 0 Å². The van der Waals surface area contributed by atoms with Gasteiger partial charge in [-0.1, -0.05) is 6.07 Å². The van der Waals surface area contributed by atoms with Crippen molar-refractivity contribution in [2.75, 3.05) is 5.32 Å². The zero-order valence-corrected chi connectivity index (χ0v) is 9.89. The molecule has 2 rings (SSSR count). The monoisotopic (exact) mass is 283 g/mol. The highest BCUT2D eigenvalue weighted by Crippen LogP contribution is 2.37. The molecule has 1 aromatic heterocycles. The molecule has 0 radical (unpaired) electrons. The van der Waals surface area contributed by atoms with E-state index in [-0.39, 0.29) is 11.5 Å². The summed E-state index contributed by atoms with van der Waals surface area (Å²) in [5.74, 6) is 0.215. The molecule has 0 atom stereocenters. The van der Waals surface area contributed by atoms with Gasteiger partial charge in [0, 0.05) is 18.3 Å². The van der Waals surface area contributed by atoms with Crippen molar-refractivity contribution in [3.63, 3.8) is 0 Å². The molecule has 0 aliphatic carbocycles. The quantitative estimate of drug-likeness (QED) is 0.688. The van der Waals surface area contributed by atoms with Gasteiger partial charge in [-0.3, -0.25) is 10.1 Å². The predicted octanol–water partition coefficient (Wildman–Crippen LogP) is 3.75. The van der Waals surface area contributed by atoms with Gasteiger partial charge in [-0.25, -0.2) is 4.98 Å². The summed E-state index contributed by atoms with van der Waals surface area (Å²) in [6.45, 7) is 0. The van der Waals surface area contributed by atoms with Crippen molar-refractivity contribution >= 4 is 17.2 Å². The number of nitro benzene ring substituents is 1. The van der Waals surface area contributed by atoms with Crippen molar-refractivity contribution in [1.29, 1.82) is 0 Å². The number of nitrogens with one attached hydrogen (secondary N) is 1. The second kappa shape index (κ2) is 5.16. The van der Waals surface area contributed by atoms with Crippen LogP contribution in [0.25, 0.3) is 0 Å². The van der Waals surface area contributed by atoms with E-state index in [9.17, 15) is 23.3 Å². The summed E-state index contributed by atoms with van der Waals surface area (Å²) in [6, 6.07) is 7.21. The summed E-state index contributed by atoms with van der Waals surface area (Å²) < 4.78 is 38.7. The van der Waals surface area contributed by atoms with Crippen molar-refractivity contribution in [3.8, 4) is 0 Å². The molecule has 0 aliphatic rings. The number of halogens is 3. The number of anilines is 2. The van der Waals surface area contributed by atoms with Crippen LogP contribution < -0.4 is 5.32 Å². The molecule has 5 nitrogen and oxygen atoms in total. The lowest BCUT2D eigenvalue weighted by atomic mass is 10.1. The van der Waals surface area contributed by atoms with E-state index in [2.05, 4.69) is 10.3 Å². The summed E-state index contributed by atoms with van der Waals surface area (Å²) in [5, 5.41) is 13.0. The molecule has 104 valence electrons. The Morgan fingerprint density at radius 1 is 1.20 bits per heavy atom. The zero-order valence-electron chi connectivity index (χ0n) is 9.89. The topological polar surface area (TPSA) is 68.1 Å². The van der Waals surface area contributed by atoms with Gasteiger partial charge < -0.3 is 5.32 Å². The summed E-state index contributed by atoms with van der Waals surface area (Å²) in [7, 11) is 0. The number of non-ortho nitro benzene ring substituents is 1. The van der Waals surface area contributed by atoms with E-state index in [0.29, 0.717) is 6.07 Å². The highest BCUT2D eigenvalue weighted by atomic mass is 19.4. The normalized spacial score (nSPS) is 11.2. The first-order valence-corrected chi connectivity index (χ1v) is 5.41. The van der Waals surface area contributed by atoms with Crippen molar-refractivity contribution in [1.82, 2.24) is 4.98 Å².